The summed E-state index contributed by atoms with van der Waals surface area (Å²) in [5.74, 6) is -1.11. The lowest BCUT2D eigenvalue weighted by Crippen LogP contribution is -2.10. The van der Waals surface area contributed by atoms with Crippen molar-refractivity contribution in [2.75, 3.05) is 14.2 Å². The topological polar surface area (TPSA) is 48.4 Å². The number of ether oxygens (including phenoxy) is 2. The lowest BCUT2D eigenvalue weighted by molar-refractivity contribution is 0.0583. The Bertz CT molecular complexity index is 412. The molecule has 0 atom stereocenters. The van der Waals surface area contributed by atoms with Crippen LogP contribution < -0.4 is 4.74 Å². The minimum atomic E-state index is -2.83. The number of hydrogen-bond donors (Lipinski definition) is 0. The van der Waals surface area contributed by atoms with Crippen LogP contribution in [0.1, 0.15) is 22.3 Å². The van der Waals surface area contributed by atoms with E-state index in [0.717, 1.165) is 13.3 Å². The summed E-state index contributed by atoms with van der Waals surface area (Å²) in [6, 6.07) is 0. The van der Waals surface area contributed by atoms with Crippen LogP contribution in [-0.4, -0.2) is 25.2 Å². The molecule has 0 saturated heterocycles. The van der Waals surface area contributed by atoms with Crippen molar-refractivity contribution in [2.24, 2.45) is 0 Å². The maximum atomic E-state index is 12.8. The molecule has 0 radical (unpaired) electrons. The molecule has 1 heterocycles. The van der Waals surface area contributed by atoms with Gasteiger partial charge in [-0.1, -0.05) is 0 Å². The summed E-state index contributed by atoms with van der Waals surface area (Å²) in [4.78, 5) is 15.1. The van der Waals surface area contributed by atoms with Gasteiger partial charge in [-0.25, -0.2) is 18.6 Å². The van der Waals surface area contributed by atoms with Crippen molar-refractivity contribution in [3.8, 4) is 5.88 Å². The molecule has 0 bridgehead atoms. The highest BCUT2D eigenvalue weighted by molar-refractivity contribution is 9.10. The van der Waals surface area contributed by atoms with Crippen LogP contribution >= 0.6 is 15.9 Å². The lowest BCUT2D eigenvalue weighted by atomic mass is 10.1. The first-order valence-corrected chi connectivity index (χ1v) is 4.91. The number of pyridine rings is 1. The molecule has 1 aromatic rings. The summed E-state index contributed by atoms with van der Waals surface area (Å²) in [7, 11) is 2.33. The zero-order valence-electron chi connectivity index (χ0n) is 8.46. The van der Waals surface area contributed by atoms with E-state index in [9.17, 15) is 13.6 Å². The predicted molar refractivity (Wildman–Crippen MR) is 54.8 cm³/mol. The Labute approximate surface area is 98.7 Å². The lowest BCUT2D eigenvalue weighted by Gasteiger charge is -2.12. The Balaban J connectivity index is 3.48. The molecular weight excluding hydrogens is 288 g/mol. The van der Waals surface area contributed by atoms with Gasteiger partial charge in [0.2, 0.25) is 5.88 Å². The Hall–Kier alpha value is -1.24. The number of hydrogen-bond acceptors (Lipinski definition) is 4. The highest BCUT2D eigenvalue weighted by atomic mass is 79.9. The Morgan fingerprint density at radius 1 is 1.50 bits per heavy atom. The molecule has 0 unspecified atom stereocenters. The molecule has 0 aliphatic heterocycles. The highest BCUT2D eigenvalue weighted by Gasteiger charge is 2.27. The molecule has 88 valence electrons. The molecule has 0 fully saturated rings. The molecule has 4 nitrogen and oxygen atoms in total. The fourth-order valence-electron chi connectivity index (χ4n) is 1.15. The van der Waals surface area contributed by atoms with Gasteiger partial charge in [0.15, 0.2) is 0 Å². The number of rotatable bonds is 3. The number of methoxy groups -OCH3 is 2. The highest BCUT2D eigenvalue weighted by Crippen LogP contribution is 2.34. The van der Waals surface area contributed by atoms with Crippen molar-refractivity contribution in [2.45, 2.75) is 6.43 Å². The molecule has 1 rings (SSSR count). The molecule has 1 aromatic heterocycles. The summed E-state index contributed by atoms with van der Waals surface area (Å²) >= 11 is 2.90. The fourth-order valence-corrected chi connectivity index (χ4v) is 1.63. The third-order valence-electron chi connectivity index (χ3n) is 1.84. The SMILES string of the molecule is COC(=O)c1c(OC)ncc(Br)c1C(F)F. The zero-order chi connectivity index (χ0) is 12.3. The Morgan fingerprint density at radius 2 is 2.12 bits per heavy atom. The third kappa shape index (κ3) is 2.29. The summed E-state index contributed by atoms with van der Waals surface area (Å²) < 4.78 is 34.8. The molecule has 0 saturated carbocycles. The Morgan fingerprint density at radius 3 is 2.56 bits per heavy atom. The fraction of sp³-hybridized carbons (Fsp3) is 0.333. The number of halogens is 3. The van der Waals surface area contributed by atoms with Crippen molar-refractivity contribution < 1.29 is 23.0 Å². The van der Waals surface area contributed by atoms with E-state index in [4.69, 9.17) is 4.74 Å². The molecule has 0 amide bonds. The van der Waals surface area contributed by atoms with E-state index in [1.165, 1.54) is 7.11 Å². The second-order valence-corrected chi connectivity index (χ2v) is 3.55. The van der Waals surface area contributed by atoms with Crippen LogP contribution in [-0.2, 0) is 4.74 Å². The standard InChI is InChI=1S/C9H8BrF2NO3/c1-15-8-6(9(14)16-2)5(7(11)12)4(10)3-13-8/h3,7H,1-2H3. The molecular formula is C9H8BrF2NO3. The van der Waals surface area contributed by atoms with Crippen molar-refractivity contribution in [3.05, 3.63) is 21.8 Å². The largest absolute Gasteiger partial charge is 0.480 e. The quantitative estimate of drug-likeness (QED) is 0.804. The van der Waals surface area contributed by atoms with Crippen LogP contribution in [0.25, 0.3) is 0 Å². The van der Waals surface area contributed by atoms with Gasteiger partial charge in [0.1, 0.15) is 5.56 Å². The monoisotopic (exact) mass is 295 g/mol. The van der Waals surface area contributed by atoms with Crippen molar-refractivity contribution in [3.63, 3.8) is 0 Å². The van der Waals surface area contributed by atoms with Gasteiger partial charge in [-0.3, -0.25) is 0 Å². The van der Waals surface area contributed by atoms with Crippen molar-refractivity contribution >= 4 is 21.9 Å². The molecule has 0 aromatic carbocycles. The number of aromatic nitrogens is 1. The minimum absolute atomic E-state index is 0.0312. The van der Waals surface area contributed by atoms with Crippen molar-refractivity contribution in [1.82, 2.24) is 4.98 Å². The second-order valence-electron chi connectivity index (χ2n) is 2.70. The minimum Gasteiger partial charge on any atom is -0.480 e. The van der Waals surface area contributed by atoms with Gasteiger partial charge in [-0.05, 0) is 15.9 Å². The van der Waals surface area contributed by atoms with Crippen LogP contribution in [0.2, 0.25) is 0 Å². The maximum absolute atomic E-state index is 12.8. The molecule has 7 heteroatoms. The van der Waals surface area contributed by atoms with Gasteiger partial charge in [-0.2, -0.15) is 0 Å². The molecule has 0 aliphatic carbocycles. The van der Waals surface area contributed by atoms with Crippen LogP contribution in [0.5, 0.6) is 5.88 Å². The van der Waals surface area contributed by atoms with Gasteiger partial charge in [-0.15, -0.1) is 0 Å². The van der Waals surface area contributed by atoms with Crippen LogP contribution in [0.3, 0.4) is 0 Å². The number of carbonyl (C=O) groups excluding carboxylic acids is 1. The van der Waals surface area contributed by atoms with E-state index in [1.54, 1.807) is 0 Å². The smallest absolute Gasteiger partial charge is 0.343 e. The molecule has 16 heavy (non-hydrogen) atoms. The van der Waals surface area contributed by atoms with Crippen LogP contribution in [0, 0.1) is 0 Å². The van der Waals surface area contributed by atoms with E-state index in [1.807, 2.05) is 0 Å². The number of esters is 1. The maximum Gasteiger partial charge on any atom is 0.343 e. The molecule has 0 aliphatic rings. The van der Waals surface area contributed by atoms with E-state index in [0.29, 0.717) is 0 Å². The Kier molecular flexibility index (Phi) is 4.17. The van der Waals surface area contributed by atoms with Gasteiger partial charge >= 0.3 is 5.97 Å². The summed E-state index contributed by atoms with van der Waals surface area (Å²) in [6.45, 7) is 0. The van der Waals surface area contributed by atoms with E-state index in [-0.39, 0.29) is 15.9 Å². The first kappa shape index (κ1) is 12.8. The first-order chi connectivity index (χ1) is 7.52. The normalized spacial score (nSPS) is 10.4. The van der Waals surface area contributed by atoms with Gasteiger partial charge < -0.3 is 9.47 Å². The number of carbonyl (C=O) groups is 1. The second kappa shape index (κ2) is 5.20. The van der Waals surface area contributed by atoms with Crippen LogP contribution in [0.15, 0.2) is 10.7 Å². The van der Waals surface area contributed by atoms with Crippen LogP contribution in [0.4, 0.5) is 8.78 Å². The zero-order valence-corrected chi connectivity index (χ0v) is 10.0. The summed E-state index contributed by atoms with van der Waals surface area (Å²) in [5.41, 5.74) is -0.854. The van der Waals surface area contributed by atoms with E-state index >= 15 is 0 Å². The predicted octanol–water partition coefficient (Wildman–Crippen LogP) is 2.58. The van der Waals surface area contributed by atoms with E-state index < -0.39 is 18.0 Å². The van der Waals surface area contributed by atoms with Gasteiger partial charge in [0.05, 0.1) is 19.8 Å². The average Bonchev–Trinajstić information content (AvgIpc) is 2.27. The van der Waals surface area contributed by atoms with Gasteiger partial charge in [0, 0.05) is 10.7 Å². The summed E-state index contributed by atoms with van der Waals surface area (Å²) in [5, 5.41) is 0. The van der Waals surface area contributed by atoms with E-state index in [2.05, 4.69) is 25.7 Å². The number of nitrogens with zero attached hydrogens (tertiary/aromatic N) is 1. The van der Waals surface area contributed by atoms with Gasteiger partial charge in [0.25, 0.3) is 6.43 Å². The third-order valence-corrected chi connectivity index (χ3v) is 2.47. The van der Waals surface area contributed by atoms with Crippen molar-refractivity contribution in [1.29, 1.82) is 0 Å². The summed E-state index contributed by atoms with van der Waals surface area (Å²) in [6.07, 6.45) is -1.69. The first-order valence-electron chi connectivity index (χ1n) is 4.11. The molecule has 0 N–H and O–H groups in total. The number of alkyl halides is 2. The molecule has 0 spiro atoms. The average molecular weight is 296 g/mol.